The molecule has 1 saturated heterocycles. The summed E-state index contributed by atoms with van der Waals surface area (Å²) in [6.45, 7) is 6.04. The lowest BCUT2D eigenvalue weighted by molar-refractivity contribution is -0.0408. The number of nitrogens with zero attached hydrogens (tertiary/aromatic N) is 1. The summed E-state index contributed by atoms with van der Waals surface area (Å²) in [5.74, 6) is 0.937. The number of nitrogens with two attached hydrogens (primary N) is 1. The first-order valence-electron chi connectivity index (χ1n) is 8.12. The van der Waals surface area contributed by atoms with E-state index in [0.29, 0.717) is 6.10 Å². The number of morpholine rings is 1. The molecule has 1 aromatic rings. The third-order valence-corrected chi connectivity index (χ3v) is 4.19. The molecule has 116 valence electrons. The van der Waals surface area contributed by atoms with E-state index in [-0.39, 0.29) is 12.1 Å². The fourth-order valence-corrected chi connectivity index (χ4v) is 2.86. The van der Waals surface area contributed by atoms with Crippen LogP contribution in [0.5, 0.6) is 5.75 Å². The van der Waals surface area contributed by atoms with Crippen molar-refractivity contribution in [2.75, 3.05) is 26.2 Å². The molecular weight excluding hydrogens is 264 g/mol. The molecule has 1 heterocycles. The first-order valence-corrected chi connectivity index (χ1v) is 8.12. The molecule has 21 heavy (non-hydrogen) atoms. The summed E-state index contributed by atoms with van der Waals surface area (Å²) < 4.78 is 11.8. The third-order valence-electron chi connectivity index (χ3n) is 4.19. The molecule has 0 aromatic heterocycles. The average molecular weight is 290 g/mol. The van der Waals surface area contributed by atoms with Crippen molar-refractivity contribution in [2.24, 2.45) is 5.73 Å². The summed E-state index contributed by atoms with van der Waals surface area (Å²) >= 11 is 0. The van der Waals surface area contributed by atoms with Crippen molar-refractivity contribution in [3.05, 3.63) is 29.8 Å². The standard InChI is InChI=1S/C17H26N2O2/c1-2-8-19-9-10-20-16(12-19)17(18)13-4-3-5-15(11-13)21-14-6-7-14/h3-5,11,14,16-17H,2,6-10,12,18H2,1H3. The Balaban J connectivity index is 1.64. The molecule has 4 nitrogen and oxygen atoms in total. The van der Waals surface area contributed by atoms with Gasteiger partial charge in [0.1, 0.15) is 5.75 Å². The van der Waals surface area contributed by atoms with Gasteiger partial charge in [0.25, 0.3) is 0 Å². The van der Waals surface area contributed by atoms with E-state index >= 15 is 0 Å². The number of hydrogen-bond donors (Lipinski definition) is 1. The SMILES string of the molecule is CCCN1CCOC(C(N)c2cccc(OC3CC3)c2)C1. The van der Waals surface area contributed by atoms with Crippen LogP contribution >= 0.6 is 0 Å². The van der Waals surface area contributed by atoms with Crippen LogP contribution < -0.4 is 10.5 Å². The van der Waals surface area contributed by atoms with Crippen molar-refractivity contribution >= 4 is 0 Å². The number of rotatable bonds is 6. The van der Waals surface area contributed by atoms with Crippen molar-refractivity contribution < 1.29 is 9.47 Å². The van der Waals surface area contributed by atoms with Crippen LogP contribution in [0.3, 0.4) is 0 Å². The Labute approximate surface area is 127 Å². The maximum absolute atomic E-state index is 6.44. The normalized spacial score (nSPS) is 24.8. The zero-order valence-electron chi connectivity index (χ0n) is 12.8. The van der Waals surface area contributed by atoms with Gasteiger partial charge < -0.3 is 15.2 Å². The Morgan fingerprint density at radius 2 is 2.29 bits per heavy atom. The van der Waals surface area contributed by atoms with Crippen molar-refractivity contribution in [1.29, 1.82) is 0 Å². The van der Waals surface area contributed by atoms with Crippen LogP contribution in [-0.4, -0.2) is 43.3 Å². The quantitative estimate of drug-likeness (QED) is 0.873. The molecule has 2 fully saturated rings. The Kier molecular flexibility index (Phi) is 4.78. The van der Waals surface area contributed by atoms with E-state index in [0.717, 1.165) is 37.6 Å². The van der Waals surface area contributed by atoms with Crippen LogP contribution in [0.15, 0.2) is 24.3 Å². The van der Waals surface area contributed by atoms with Gasteiger partial charge in [0.15, 0.2) is 0 Å². The molecule has 4 heteroatoms. The second kappa shape index (κ2) is 6.77. The highest BCUT2D eigenvalue weighted by Crippen LogP contribution is 2.29. The van der Waals surface area contributed by atoms with E-state index in [4.69, 9.17) is 15.2 Å². The summed E-state index contributed by atoms with van der Waals surface area (Å²) in [4.78, 5) is 2.44. The fourth-order valence-electron chi connectivity index (χ4n) is 2.86. The van der Waals surface area contributed by atoms with Crippen LogP contribution in [0.2, 0.25) is 0 Å². The predicted molar refractivity (Wildman–Crippen MR) is 83.5 cm³/mol. The maximum Gasteiger partial charge on any atom is 0.120 e. The lowest BCUT2D eigenvalue weighted by atomic mass is 10.0. The first-order chi connectivity index (χ1) is 10.3. The molecule has 1 aliphatic heterocycles. The maximum atomic E-state index is 6.44. The number of benzene rings is 1. The Morgan fingerprint density at radius 3 is 3.05 bits per heavy atom. The van der Waals surface area contributed by atoms with Gasteiger partial charge in [-0.1, -0.05) is 19.1 Å². The smallest absolute Gasteiger partial charge is 0.120 e. The monoisotopic (exact) mass is 290 g/mol. The van der Waals surface area contributed by atoms with E-state index in [1.165, 1.54) is 19.3 Å². The summed E-state index contributed by atoms with van der Waals surface area (Å²) in [5, 5.41) is 0. The highest BCUT2D eigenvalue weighted by Gasteiger charge is 2.27. The van der Waals surface area contributed by atoms with Gasteiger partial charge in [0.2, 0.25) is 0 Å². The zero-order chi connectivity index (χ0) is 14.7. The van der Waals surface area contributed by atoms with Crippen molar-refractivity contribution in [3.8, 4) is 5.75 Å². The second-order valence-corrected chi connectivity index (χ2v) is 6.13. The predicted octanol–water partition coefficient (Wildman–Crippen LogP) is 2.34. The molecule has 1 saturated carbocycles. The molecule has 3 rings (SSSR count). The summed E-state index contributed by atoms with van der Waals surface area (Å²) in [5.41, 5.74) is 7.54. The van der Waals surface area contributed by atoms with Crippen LogP contribution in [0.25, 0.3) is 0 Å². The van der Waals surface area contributed by atoms with Gasteiger partial charge in [-0.15, -0.1) is 0 Å². The minimum atomic E-state index is -0.0904. The van der Waals surface area contributed by atoms with E-state index in [9.17, 15) is 0 Å². The fraction of sp³-hybridized carbons (Fsp3) is 0.647. The summed E-state index contributed by atoms with van der Waals surface area (Å²) in [6.07, 6.45) is 4.01. The molecule has 0 radical (unpaired) electrons. The molecule has 0 amide bonds. The molecule has 2 aliphatic rings. The minimum Gasteiger partial charge on any atom is -0.490 e. The molecule has 1 aliphatic carbocycles. The van der Waals surface area contributed by atoms with Gasteiger partial charge in [0.05, 0.1) is 24.9 Å². The third kappa shape index (κ3) is 3.96. The Morgan fingerprint density at radius 1 is 1.43 bits per heavy atom. The molecule has 2 unspecified atom stereocenters. The Bertz CT molecular complexity index is 460. The van der Waals surface area contributed by atoms with Gasteiger partial charge in [-0.2, -0.15) is 0 Å². The van der Waals surface area contributed by atoms with E-state index in [1.807, 2.05) is 12.1 Å². The van der Waals surface area contributed by atoms with Gasteiger partial charge in [-0.3, -0.25) is 4.90 Å². The molecule has 2 atom stereocenters. The molecule has 0 spiro atoms. The minimum absolute atomic E-state index is 0.0708. The van der Waals surface area contributed by atoms with Crippen LogP contribution in [-0.2, 0) is 4.74 Å². The molecule has 1 aromatic carbocycles. The van der Waals surface area contributed by atoms with Crippen molar-refractivity contribution in [2.45, 2.75) is 44.4 Å². The van der Waals surface area contributed by atoms with Gasteiger partial charge in [-0.25, -0.2) is 0 Å². The first kappa shape index (κ1) is 14.8. The highest BCUT2D eigenvalue weighted by atomic mass is 16.5. The van der Waals surface area contributed by atoms with Gasteiger partial charge in [-0.05, 0) is 43.5 Å². The van der Waals surface area contributed by atoms with Gasteiger partial charge >= 0.3 is 0 Å². The highest BCUT2D eigenvalue weighted by molar-refractivity contribution is 5.31. The summed E-state index contributed by atoms with van der Waals surface area (Å²) in [7, 11) is 0. The lowest BCUT2D eigenvalue weighted by Gasteiger charge is -2.35. The number of ether oxygens (including phenoxy) is 2. The summed E-state index contributed by atoms with van der Waals surface area (Å²) in [6, 6.07) is 8.10. The topological polar surface area (TPSA) is 47.7 Å². The van der Waals surface area contributed by atoms with Gasteiger partial charge in [0, 0.05) is 13.1 Å². The van der Waals surface area contributed by atoms with E-state index in [1.54, 1.807) is 0 Å². The molecular formula is C17H26N2O2. The van der Waals surface area contributed by atoms with E-state index in [2.05, 4.69) is 24.0 Å². The van der Waals surface area contributed by atoms with Crippen LogP contribution in [0.4, 0.5) is 0 Å². The zero-order valence-corrected chi connectivity index (χ0v) is 12.8. The van der Waals surface area contributed by atoms with E-state index < -0.39 is 0 Å². The van der Waals surface area contributed by atoms with Crippen LogP contribution in [0, 0.1) is 0 Å². The molecule has 0 bridgehead atoms. The largest absolute Gasteiger partial charge is 0.490 e. The van der Waals surface area contributed by atoms with Crippen molar-refractivity contribution in [3.63, 3.8) is 0 Å². The lowest BCUT2D eigenvalue weighted by Crippen LogP contribution is -2.47. The average Bonchev–Trinajstić information content (AvgIpc) is 3.31. The van der Waals surface area contributed by atoms with Crippen LogP contribution in [0.1, 0.15) is 37.8 Å². The second-order valence-electron chi connectivity index (χ2n) is 6.13. The Hall–Kier alpha value is -1.10. The van der Waals surface area contributed by atoms with Crippen molar-refractivity contribution in [1.82, 2.24) is 4.90 Å². The number of hydrogen-bond acceptors (Lipinski definition) is 4. The molecule has 2 N–H and O–H groups in total.